The van der Waals surface area contributed by atoms with Gasteiger partial charge in [-0.15, -0.1) is 0 Å². The molecule has 2 heterocycles. The van der Waals surface area contributed by atoms with E-state index in [0.29, 0.717) is 44.8 Å². The second kappa shape index (κ2) is 15.1. The third-order valence-corrected chi connectivity index (χ3v) is 7.46. The molecule has 2 aromatic carbocycles. The van der Waals surface area contributed by atoms with Gasteiger partial charge in [-0.3, -0.25) is 9.59 Å². The Hall–Kier alpha value is -3.28. The number of aliphatic hydroxyl groups excluding tert-OH is 3. The van der Waals surface area contributed by atoms with Crippen LogP contribution in [0.25, 0.3) is 6.08 Å². The van der Waals surface area contributed by atoms with Crippen molar-refractivity contribution in [3.8, 4) is 5.75 Å². The van der Waals surface area contributed by atoms with Crippen molar-refractivity contribution < 1.29 is 34.4 Å². The molecular weight excluding hydrogens is 526 g/mol. The number of carbonyl (C=O) groups is 2. The first-order valence-electron chi connectivity index (χ1n) is 14.3. The Morgan fingerprint density at radius 1 is 0.976 bits per heavy atom. The molecule has 0 spiro atoms. The number of ether oxygens (including phenoxy) is 2. The van der Waals surface area contributed by atoms with Crippen LogP contribution in [0.2, 0.25) is 0 Å². The van der Waals surface area contributed by atoms with Gasteiger partial charge in [-0.05, 0) is 55.5 Å². The lowest BCUT2D eigenvalue weighted by Crippen LogP contribution is -2.58. The molecule has 0 aliphatic carbocycles. The van der Waals surface area contributed by atoms with Crippen LogP contribution < -0.4 is 15.4 Å². The molecule has 5 N–H and O–H groups in total. The lowest BCUT2D eigenvalue weighted by Gasteiger charge is -2.38. The molecule has 2 fully saturated rings. The summed E-state index contributed by atoms with van der Waals surface area (Å²) >= 11 is 0. The molecule has 0 bridgehead atoms. The number of hydrogen-bond donors (Lipinski definition) is 5. The maximum absolute atomic E-state index is 13.0. The van der Waals surface area contributed by atoms with Gasteiger partial charge in [-0.1, -0.05) is 42.5 Å². The van der Waals surface area contributed by atoms with E-state index < -0.39 is 30.7 Å². The number of rotatable bonds is 5. The van der Waals surface area contributed by atoms with E-state index in [1.165, 1.54) is 0 Å². The number of benzene rings is 2. The Morgan fingerprint density at radius 3 is 2.46 bits per heavy atom. The van der Waals surface area contributed by atoms with Crippen molar-refractivity contribution in [3.63, 3.8) is 0 Å². The van der Waals surface area contributed by atoms with Gasteiger partial charge in [0.15, 0.2) is 0 Å². The van der Waals surface area contributed by atoms with Gasteiger partial charge in [0.2, 0.25) is 18.1 Å². The first kappa shape index (κ1) is 30.7. The van der Waals surface area contributed by atoms with Gasteiger partial charge >= 0.3 is 0 Å². The van der Waals surface area contributed by atoms with Crippen molar-refractivity contribution in [2.45, 2.75) is 69.4 Å². The monoisotopic (exact) mass is 567 g/mol. The zero-order valence-electron chi connectivity index (χ0n) is 23.4. The van der Waals surface area contributed by atoms with E-state index in [9.17, 15) is 24.9 Å². The maximum atomic E-state index is 13.0. The molecule has 0 aromatic heterocycles. The minimum Gasteiger partial charge on any atom is -0.462 e. The van der Waals surface area contributed by atoms with E-state index in [-0.39, 0.29) is 17.9 Å². The average molecular weight is 568 g/mol. The summed E-state index contributed by atoms with van der Waals surface area (Å²) in [7, 11) is 0. The molecule has 2 amide bonds. The molecule has 2 aliphatic rings. The Morgan fingerprint density at radius 2 is 1.71 bits per heavy atom. The van der Waals surface area contributed by atoms with Crippen LogP contribution in [0.15, 0.2) is 60.7 Å². The number of amides is 2. The van der Waals surface area contributed by atoms with Crippen LogP contribution in [-0.4, -0.2) is 88.9 Å². The predicted molar refractivity (Wildman–Crippen MR) is 154 cm³/mol. The molecular formula is C31H41N3O7. The standard InChI is InChI=1S/C31H41N3O7/c1-21-28(37)29(38)30(39)31(40-21)41-24-13-11-23(12-14-24)25-9-5-19-34(20-6-17-33-26(35)16-18-32-25)27(36)15-10-22-7-3-2-4-8-22/h2-4,7-8,10-15,21,25,28-32,37-39H,5-6,9,16-20H2,1H3,(H,33,35)/b15-10+/t21-,25-,28-,29+,30+,31+/m1/s1. The largest absolute Gasteiger partial charge is 0.462 e. The normalized spacial score (nSPS) is 28.7. The zero-order valence-corrected chi connectivity index (χ0v) is 23.4. The van der Waals surface area contributed by atoms with E-state index in [0.717, 1.165) is 24.0 Å². The van der Waals surface area contributed by atoms with Crippen molar-refractivity contribution in [3.05, 3.63) is 71.8 Å². The van der Waals surface area contributed by atoms with Gasteiger partial charge in [-0.25, -0.2) is 0 Å². The second-order valence-corrected chi connectivity index (χ2v) is 10.5. The third-order valence-electron chi connectivity index (χ3n) is 7.46. The van der Waals surface area contributed by atoms with E-state index in [4.69, 9.17) is 9.47 Å². The second-order valence-electron chi connectivity index (χ2n) is 10.5. The van der Waals surface area contributed by atoms with Gasteiger partial charge in [0.25, 0.3) is 0 Å². The highest BCUT2D eigenvalue weighted by atomic mass is 16.7. The van der Waals surface area contributed by atoms with E-state index in [1.807, 2.05) is 53.4 Å². The molecule has 2 saturated heterocycles. The smallest absolute Gasteiger partial charge is 0.246 e. The Bertz CT molecular complexity index is 1140. The summed E-state index contributed by atoms with van der Waals surface area (Å²) in [6, 6.07) is 17.0. The lowest BCUT2D eigenvalue weighted by molar-refractivity contribution is -0.268. The predicted octanol–water partition coefficient (Wildman–Crippen LogP) is 1.76. The SMILES string of the molecule is C[C@H]1O[C@@H](Oc2ccc([C@H]3CCCN(C(=O)/C=C/c4ccccc4)CCCNC(=O)CCN3)cc2)[C@@H](O)[C@@H](O)[C@@H]1O. The molecule has 0 unspecified atom stereocenters. The van der Waals surface area contributed by atoms with E-state index in [2.05, 4.69) is 10.6 Å². The summed E-state index contributed by atoms with van der Waals surface area (Å²) < 4.78 is 11.3. The summed E-state index contributed by atoms with van der Waals surface area (Å²) in [6.07, 6.45) is 0.206. The Labute approximate surface area is 241 Å². The first-order chi connectivity index (χ1) is 19.8. The molecule has 2 aliphatic heterocycles. The third kappa shape index (κ3) is 8.85. The average Bonchev–Trinajstić information content (AvgIpc) is 3.00. The number of aliphatic hydroxyl groups is 3. The van der Waals surface area contributed by atoms with Crippen LogP contribution in [0.5, 0.6) is 5.75 Å². The fraction of sp³-hybridized carbons (Fsp3) is 0.484. The van der Waals surface area contributed by atoms with E-state index >= 15 is 0 Å². The van der Waals surface area contributed by atoms with Gasteiger partial charge < -0.3 is 40.3 Å². The maximum Gasteiger partial charge on any atom is 0.246 e. The molecule has 41 heavy (non-hydrogen) atoms. The zero-order chi connectivity index (χ0) is 29.2. The lowest BCUT2D eigenvalue weighted by atomic mass is 10.00. The minimum atomic E-state index is -1.39. The van der Waals surface area contributed by atoms with Crippen molar-refractivity contribution in [1.29, 1.82) is 0 Å². The van der Waals surface area contributed by atoms with Crippen LogP contribution in [0.4, 0.5) is 0 Å². The van der Waals surface area contributed by atoms with Crippen LogP contribution >= 0.6 is 0 Å². The number of hydrogen-bond acceptors (Lipinski definition) is 8. The van der Waals surface area contributed by atoms with E-state index in [1.54, 1.807) is 25.1 Å². The molecule has 10 nitrogen and oxygen atoms in total. The van der Waals surface area contributed by atoms with Gasteiger partial charge in [-0.2, -0.15) is 0 Å². The van der Waals surface area contributed by atoms with Crippen molar-refractivity contribution >= 4 is 17.9 Å². The molecule has 6 atom stereocenters. The number of carbonyl (C=O) groups excluding carboxylic acids is 2. The Balaban J connectivity index is 1.40. The highest BCUT2D eigenvalue weighted by Gasteiger charge is 2.43. The molecule has 4 rings (SSSR count). The fourth-order valence-corrected chi connectivity index (χ4v) is 5.01. The Kier molecular flexibility index (Phi) is 11.3. The summed E-state index contributed by atoms with van der Waals surface area (Å²) in [5, 5.41) is 36.6. The molecule has 10 heteroatoms. The molecule has 222 valence electrons. The number of nitrogens with zero attached hydrogens (tertiary/aromatic N) is 1. The van der Waals surface area contributed by atoms with Crippen LogP contribution in [0.3, 0.4) is 0 Å². The first-order valence-corrected chi connectivity index (χ1v) is 14.3. The van der Waals surface area contributed by atoms with Gasteiger partial charge in [0.1, 0.15) is 24.1 Å². The van der Waals surface area contributed by atoms with Crippen molar-refractivity contribution in [2.24, 2.45) is 0 Å². The summed E-state index contributed by atoms with van der Waals surface area (Å²) in [6.45, 7) is 3.78. The number of nitrogens with one attached hydrogen (secondary N) is 2. The van der Waals surface area contributed by atoms with Crippen LogP contribution in [0.1, 0.15) is 49.8 Å². The quantitative estimate of drug-likeness (QED) is 0.345. The fourth-order valence-electron chi connectivity index (χ4n) is 5.01. The van der Waals surface area contributed by atoms with Crippen LogP contribution in [0, 0.1) is 0 Å². The molecule has 0 radical (unpaired) electrons. The molecule has 0 saturated carbocycles. The topological polar surface area (TPSA) is 141 Å². The van der Waals surface area contributed by atoms with Crippen molar-refractivity contribution in [1.82, 2.24) is 15.5 Å². The minimum absolute atomic E-state index is 0.0336. The highest BCUT2D eigenvalue weighted by Crippen LogP contribution is 2.26. The molecule has 2 aromatic rings. The van der Waals surface area contributed by atoms with Crippen LogP contribution in [-0.2, 0) is 14.3 Å². The highest BCUT2D eigenvalue weighted by molar-refractivity contribution is 5.91. The summed E-state index contributed by atoms with van der Waals surface area (Å²) in [5.74, 6) is 0.355. The summed E-state index contributed by atoms with van der Waals surface area (Å²) in [5.41, 5.74) is 1.95. The summed E-state index contributed by atoms with van der Waals surface area (Å²) in [4.78, 5) is 27.2. The van der Waals surface area contributed by atoms with Gasteiger partial charge in [0, 0.05) is 44.7 Å². The van der Waals surface area contributed by atoms with Gasteiger partial charge in [0.05, 0.1) is 6.10 Å². The van der Waals surface area contributed by atoms with Crippen molar-refractivity contribution in [2.75, 3.05) is 26.2 Å².